The highest BCUT2D eigenvalue weighted by molar-refractivity contribution is 5.60. The van der Waals surface area contributed by atoms with Gasteiger partial charge in [0.1, 0.15) is 0 Å². The van der Waals surface area contributed by atoms with E-state index >= 15 is 0 Å². The Morgan fingerprint density at radius 2 is 2.08 bits per heavy atom. The third-order valence-corrected chi connectivity index (χ3v) is 2.11. The van der Waals surface area contributed by atoms with Gasteiger partial charge in [0, 0.05) is 0 Å². The van der Waals surface area contributed by atoms with E-state index in [2.05, 4.69) is 25.2 Å². The van der Waals surface area contributed by atoms with Crippen molar-refractivity contribution < 1.29 is 0 Å². The van der Waals surface area contributed by atoms with Crippen LogP contribution in [-0.4, -0.2) is 0 Å². The first kappa shape index (κ1) is 9.60. The molecule has 0 atom stereocenters. The lowest BCUT2D eigenvalue weighted by Crippen LogP contribution is -1.98. The Labute approximate surface area is 79.2 Å². The van der Waals surface area contributed by atoms with Crippen molar-refractivity contribution in [1.29, 1.82) is 5.26 Å². The summed E-state index contributed by atoms with van der Waals surface area (Å²) in [5.74, 6) is 0.441. The molecule has 0 aliphatic rings. The molecule has 0 bridgehead atoms. The van der Waals surface area contributed by atoms with Gasteiger partial charge in [-0.2, -0.15) is 5.26 Å². The first-order chi connectivity index (χ1) is 6.16. The molecule has 0 spiro atoms. The Hall–Kier alpha value is -1.49. The zero-order valence-corrected chi connectivity index (χ0v) is 8.26. The van der Waals surface area contributed by atoms with E-state index in [1.807, 2.05) is 25.2 Å². The number of benzene rings is 1. The van der Waals surface area contributed by atoms with E-state index in [1.54, 1.807) is 0 Å². The highest BCUT2D eigenvalue weighted by atomic mass is 14.9. The molecular weight excluding hydrogens is 160 g/mol. The Morgan fingerprint density at radius 1 is 1.38 bits per heavy atom. The summed E-state index contributed by atoms with van der Waals surface area (Å²) in [5.41, 5.74) is 3.27. The van der Waals surface area contributed by atoms with E-state index in [0.29, 0.717) is 5.92 Å². The second-order valence-electron chi connectivity index (χ2n) is 3.43. The van der Waals surface area contributed by atoms with Gasteiger partial charge < -0.3 is 0 Å². The molecule has 68 valence electrons. The van der Waals surface area contributed by atoms with E-state index in [9.17, 15) is 0 Å². The molecule has 2 heteroatoms. The molecule has 1 rings (SSSR count). The number of nitrogens with one attached hydrogen (secondary N) is 1. The normalized spacial score (nSPS) is 9.77. The van der Waals surface area contributed by atoms with Crippen LogP contribution in [0.15, 0.2) is 18.2 Å². The lowest BCUT2D eigenvalue weighted by atomic mass is 9.98. The maximum absolute atomic E-state index is 8.59. The average Bonchev–Trinajstić information content (AvgIpc) is 2.08. The van der Waals surface area contributed by atoms with E-state index < -0.39 is 0 Å². The van der Waals surface area contributed by atoms with Crippen LogP contribution in [0, 0.1) is 18.4 Å². The summed E-state index contributed by atoms with van der Waals surface area (Å²) in [6, 6.07) is 6.08. The molecule has 0 unspecified atom stereocenters. The molecule has 2 nitrogen and oxygen atoms in total. The number of rotatable bonds is 2. The van der Waals surface area contributed by atoms with Crippen LogP contribution in [0.5, 0.6) is 0 Å². The molecule has 0 saturated heterocycles. The molecule has 0 fully saturated rings. The topological polar surface area (TPSA) is 35.8 Å². The lowest BCUT2D eigenvalue weighted by molar-refractivity contribution is 0.867. The van der Waals surface area contributed by atoms with Gasteiger partial charge in [-0.05, 0) is 24.0 Å². The Bertz CT molecular complexity index is 334. The Morgan fingerprint density at radius 3 is 2.62 bits per heavy atom. The highest BCUT2D eigenvalue weighted by Crippen LogP contribution is 2.26. The van der Waals surface area contributed by atoms with Crippen LogP contribution < -0.4 is 5.32 Å². The number of hydrogen-bond donors (Lipinski definition) is 1. The third-order valence-electron chi connectivity index (χ3n) is 2.11. The molecule has 13 heavy (non-hydrogen) atoms. The number of nitrogens with zero attached hydrogens (tertiary/aromatic N) is 1. The van der Waals surface area contributed by atoms with Gasteiger partial charge in [-0.25, -0.2) is 0 Å². The first-order valence-corrected chi connectivity index (χ1v) is 4.41. The van der Waals surface area contributed by atoms with Crippen LogP contribution >= 0.6 is 0 Å². The fourth-order valence-corrected chi connectivity index (χ4v) is 1.40. The molecule has 0 saturated carbocycles. The Kier molecular flexibility index (Phi) is 2.92. The zero-order valence-electron chi connectivity index (χ0n) is 8.26. The van der Waals surface area contributed by atoms with Crippen LogP contribution in [0.3, 0.4) is 0 Å². The summed E-state index contributed by atoms with van der Waals surface area (Å²) in [6.07, 6.45) is 1.97. The van der Waals surface area contributed by atoms with Crippen molar-refractivity contribution in [2.24, 2.45) is 0 Å². The van der Waals surface area contributed by atoms with Crippen LogP contribution in [-0.2, 0) is 0 Å². The molecule has 1 N–H and O–H groups in total. The van der Waals surface area contributed by atoms with Gasteiger partial charge in [-0.3, -0.25) is 5.32 Å². The fourth-order valence-electron chi connectivity index (χ4n) is 1.40. The predicted octanol–water partition coefficient (Wildman–Crippen LogP) is 3.01. The highest BCUT2D eigenvalue weighted by Gasteiger charge is 2.07. The van der Waals surface area contributed by atoms with Gasteiger partial charge in [-0.1, -0.05) is 32.0 Å². The summed E-state index contributed by atoms with van der Waals surface area (Å²) in [7, 11) is 0. The first-order valence-electron chi connectivity index (χ1n) is 4.41. The van der Waals surface area contributed by atoms with Crippen molar-refractivity contribution in [3.8, 4) is 6.19 Å². The van der Waals surface area contributed by atoms with Crippen LogP contribution in [0.25, 0.3) is 0 Å². The van der Waals surface area contributed by atoms with Crippen LogP contribution in [0.1, 0.15) is 30.9 Å². The SMILES string of the molecule is Cc1cccc(C(C)C)c1NC#N. The van der Waals surface area contributed by atoms with Gasteiger partial charge in [-0.15, -0.1) is 0 Å². The fraction of sp³-hybridized carbons (Fsp3) is 0.364. The largest absolute Gasteiger partial charge is 0.292 e. The van der Waals surface area contributed by atoms with Gasteiger partial charge in [0.05, 0.1) is 5.69 Å². The minimum atomic E-state index is 0.441. The minimum Gasteiger partial charge on any atom is -0.292 e. The van der Waals surface area contributed by atoms with Crippen molar-refractivity contribution in [2.75, 3.05) is 5.32 Å². The number of nitriles is 1. The zero-order chi connectivity index (χ0) is 9.84. The monoisotopic (exact) mass is 174 g/mol. The summed E-state index contributed by atoms with van der Waals surface area (Å²) >= 11 is 0. The molecule has 0 aliphatic heterocycles. The van der Waals surface area contributed by atoms with Gasteiger partial charge in [0.2, 0.25) is 0 Å². The van der Waals surface area contributed by atoms with E-state index in [1.165, 1.54) is 5.56 Å². The molecule has 1 aromatic carbocycles. The second kappa shape index (κ2) is 3.95. The number of aryl methyl sites for hydroxylation is 1. The van der Waals surface area contributed by atoms with Crippen molar-refractivity contribution in [3.63, 3.8) is 0 Å². The molecule has 0 amide bonds. The predicted molar refractivity (Wildman–Crippen MR) is 54.5 cm³/mol. The second-order valence-corrected chi connectivity index (χ2v) is 3.43. The van der Waals surface area contributed by atoms with Crippen molar-refractivity contribution in [2.45, 2.75) is 26.7 Å². The van der Waals surface area contributed by atoms with E-state index in [-0.39, 0.29) is 0 Å². The van der Waals surface area contributed by atoms with Crippen molar-refractivity contribution in [1.82, 2.24) is 0 Å². The van der Waals surface area contributed by atoms with E-state index in [0.717, 1.165) is 11.3 Å². The Balaban J connectivity index is 3.19. The van der Waals surface area contributed by atoms with E-state index in [4.69, 9.17) is 5.26 Å². The van der Waals surface area contributed by atoms with Crippen LogP contribution in [0.2, 0.25) is 0 Å². The quantitative estimate of drug-likeness (QED) is 0.552. The molecule has 1 aromatic rings. The summed E-state index contributed by atoms with van der Waals surface area (Å²) in [5, 5.41) is 11.3. The molecule has 0 aliphatic carbocycles. The molecule has 0 aromatic heterocycles. The standard InChI is InChI=1S/C11H14N2/c1-8(2)10-6-4-5-9(3)11(10)13-7-12/h4-6,8,13H,1-3H3. The summed E-state index contributed by atoms with van der Waals surface area (Å²) in [4.78, 5) is 0. The summed E-state index contributed by atoms with van der Waals surface area (Å²) < 4.78 is 0. The third kappa shape index (κ3) is 2.00. The molecule has 0 radical (unpaired) electrons. The number of hydrogen-bond acceptors (Lipinski definition) is 2. The smallest absolute Gasteiger partial charge is 0.181 e. The summed E-state index contributed by atoms with van der Waals surface area (Å²) in [6.45, 7) is 6.25. The van der Waals surface area contributed by atoms with Crippen molar-refractivity contribution in [3.05, 3.63) is 29.3 Å². The van der Waals surface area contributed by atoms with Gasteiger partial charge in [0.15, 0.2) is 6.19 Å². The average molecular weight is 174 g/mol. The maximum Gasteiger partial charge on any atom is 0.181 e. The lowest BCUT2D eigenvalue weighted by Gasteiger charge is -2.12. The van der Waals surface area contributed by atoms with Crippen LogP contribution in [0.4, 0.5) is 5.69 Å². The molecular formula is C11H14N2. The van der Waals surface area contributed by atoms with Gasteiger partial charge in [0.25, 0.3) is 0 Å². The minimum absolute atomic E-state index is 0.441. The number of para-hydroxylation sites is 1. The number of anilines is 1. The molecule has 0 heterocycles. The van der Waals surface area contributed by atoms with Gasteiger partial charge >= 0.3 is 0 Å². The maximum atomic E-state index is 8.59. The van der Waals surface area contributed by atoms with Crippen molar-refractivity contribution >= 4 is 5.69 Å².